The van der Waals surface area contributed by atoms with Gasteiger partial charge in [0.25, 0.3) is 5.56 Å². The van der Waals surface area contributed by atoms with Crippen LogP contribution in [0.2, 0.25) is 0 Å². The molecule has 1 heterocycles. The Morgan fingerprint density at radius 1 is 1.14 bits per heavy atom. The molecular weight excluding hydrogens is 280 g/mol. The molecule has 1 aromatic rings. The van der Waals surface area contributed by atoms with E-state index in [1.54, 1.807) is 4.68 Å². The highest BCUT2D eigenvalue weighted by molar-refractivity contribution is 5.69. The number of carbonyl (C=O) groups excluding carboxylic acids is 1. The standard InChI is InChI=1S/C13H20N2O3.2C2H6/c1-13(2,3)18-11(16)8-15-10-7-5-4-6-9(10)12(17)14-15;2*1-2/h4-8H2,1-3H3,(H,14,17);2*1-2H3. The topological polar surface area (TPSA) is 64.1 Å². The number of H-pyrrole nitrogens is 1. The van der Waals surface area contributed by atoms with Gasteiger partial charge in [-0.25, -0.2) is 0 Å². The predicted molar refractivity (Wildman–Crippen MR) is 90.2 cm³/mol. The van der Waals surface area contributed by atoms with Gasteiger partial charge in [0.2, 0.25) is 0 Å². The van der Waals surface area contributed by atoms with Gasteiger partial charge in [-0.3, -0.25) is 19.4 Å². The maximum atomic E-state index is 11.8. The summed E-state index contributed by atoms with van der Waals surface area (Å²) in [6.07, 6.45) is 3.79. The molecular formula is C17H32N2O3. The van der Waals surface area contributed by atoms with E-state index in [2.05, 4.69) is 5.10 Å². The molecule has 0 saturated carbocycles. The van der Waals surface area contributed by atoms with E-state index >= 15 is 0 Å². The Morgan fingerprint density at radius 2 is 1.68 bits per heavy atom. The number of ether oxygens (including phenoxy) is 1. The monoisotopic (exact) mass is 312 g/mol. The Bertz CT molecular complexity index is 507. The summed E-state index contributed by atoms with van der Waals surface area (Å²) in [5, 5.41) is 2.73. The van der Waals surface area contributed by atoms with Gasteiger partial charge in [0, 0.05) is 11.3 Å². The van der Waals surface area contributed by atoms with E-state index < -0.39 is 5.60 Å². The third-order valence-corrected chi connectivity index (χ3v) is 2.98. The number of aromatic amines is 1. The van der Waals surface area contributed by atoms with Crippen molar-refractivity contribution in [3.63, 3.8) is 0 Å². The van der Waals surface area contributed by atoms with Crippen LogP contribution >= 0.6 is 0 Å². The molecule has 0 spiro atoms. The molecule has 0 aliphatic heterocycles. The quantitative estimate of drug-likeness (QED) is 0.851. The van der Waals surface area contributed by atoms with Crippen LogP contribution in [0, 0.1) is 0 Å². The first-order valence-electron chi connectivity index (χ1n) is 8.39. The highest BCUT2D eigenvalue weighted by Gasteiger charge is 2.22. The molecule has 5 nitrogen and oxygen atoms in total. The van der Waals surface area contributed by atoms with Gasteiger partial charge < -0.3 is 4.74 Å². The lowest BCUT2D eigenvalue weighted by molar-refractivity contribution is -0.155. The van der Waals surface area contributed by atoms with Gasteiger partial charge in [0.1, 0.15) is 12.1 Å². The summed E-state index contributed by atoms with van der Waals surface area (Å²) in [6, 6.07) is 0. The summed E-state index contributed by atoms with van der Waals surface area (Å²) in [4.78, 5) is 23.5. The zero-order valence-corrected chi connectivity index (χ0v) is 15.2. The lowest BCUT2D eigenvalue weighted by atomic mass is 9.98. The number of nitrogens with zero attached hydrogens (tertiary/aromatic N) is 1. The zero-order chi connectivity index (χ0) is 17.3. The molecule has 128 valence electrons. The van der Waals surface area contributed by atoms with Crippen molar-refractivity contribution in [2.45, 2.75) is 86.3 Å². The summed E-state index contributed by atoms with van der Waals surface area (Å²) in [5.41, 5.74) is 1.25. The van der Waals surface area contributed by atoms with Gasteiger partial charge in [-0.1, -0.05) is 27.7 Å². The number of esters is 1. The average Bonchev–Trinajstić information content (AvgIpc) is 2.78. The van der Waals surface area contributed by atoms with Crippen LogP contribution < -0.4 is 5.56 Å². The lowest BCUT2D eigenvalue weighted by Crippen LogP contribution is -2.27. The van der Waals surface area contributed by atoms with Crippen molar-refractivity contribution >= 4 is 5.97 Å². The van der Waals surface area contributed by atoms with Crippen molar-refractivity contribution in [2.24, 2.45) is 0 Å². The minimum Gasteiger partial charge on any atom is -0.459 e. The van der Waals surface area contributed by atoms with E-state index in [9.17, 15) is 9.59 Å². The Morgan fingerprint density at radius 3 is 2.23 bits per heavy atom. The summed E-state index contributed by atoms with van der Waals surface area (Å²) in [6.45, 7) is 13.6. The summed E-state index contributed by atoms with van der Waals surface area (Å²) < 4.78 is 6.90. The fourth-order valence-electron chi connectivity index (χ4n) is 2.33. The van der Waals surface area contributed by atoms with E-state index in [4.69, 9.17) is 4.74 Å². The molecule has 0 bridgehead atoms. The van der Waals surface area contributed by atoms with Crippen LogP contribution in [0.4, 0.5) is 0 Å². The second kappa shape index (κ2) is 9.49. The number of fused-ring (bicyclic) bond motifs is 1. The molecule has 0 saturated heterocycles. The summed E-state index contributed by atoms with van der Waals surface area (Å²) in [5.74, 6) is -0.317. The van der Waals surface area contributed by atoms with Crippen LogP contribution in [0.15, 0.2) is 4.79 Å². The van der Waals surface area contributed by atoms with E-state index in [0.717, 1.165) is 36.9 Å². The van der Waals surface area contributed by atoms with Crippen LogP contribution in [0.1, 0.15) is 72.6 Å². The van der Waals surface area contributed by atoms with Crippen molar-refractivity contribution in [3.05, 3.63) is 21.6 Å². The van der Waals surface area contributed by atoms with Gasteiger partial charge in [-0.15, -0.1) is 0 Å². The molecule has 1 aliphatic rings. The lowest BCUT2D eigenvalue weighted by Gasteiger charge is -2.20. The minimum absolute atomic E-state index is 0.0618. The molecule has 0 fully saturated rings. The molecule has 5 heteroatoms. The highest BCUT2D eigenvalue weighted by Crippen LogP contribution is 2.18. The molecule has 2 rings (SSSR count). The first-order valence-corrected chi connectivity index (χ1v) is 8.39. The van der Waals surface area contributed by atoms with E-state index in [1.807, 2.05) is 48.5 Å². The molecule has 0 amide bonds. The first-order chi connectivity index (χ1) is 10.4. The van der Waals surface area contributed by atoms with Gasteiger partial charge >= 0.3 is 5.97 Å². The number of carbonyl (C=O) groups is 1. The SMILES string of the molecule is CC.CC.CC(C)(C)OC(=O)Cn1[nH]c(=O)c2c1CCCC2. The molecule has 1 aliphatic carbocycles. The number of rotatable bonds is 2. The third kappa shape index (κ3) is 6.08. The number of aromatic nitrogens is 2. The van der Waals surface area contributed by atoms with Crippen LogP contribution in [0.3, 0.4) is 0 Å². The van der Waals surface area contributed by atoms with Crippen LogP contribution in [0.25, 0.3) is 0 Å². The predicted octanol–water partition coefficient (Wildman–Crippen LogP) is 3.45. The van der Waals surface area contributed by atoms with Gasteiger partial charge in [-0.2, -0.15) is 0 Å². The summed E-state index contributed by atoms with van der Waals surface area (Å²) in [7, 11) is 0. The normalized spacial score (nSPS) is 13.0. The smallest absolute Gasteiger partial charge is 0.328 e. The first kappa shape index (κ1) is 20.5. The number of hydrogen-bond donors (Lipinski definition) is 1. The van der Waals surface area contributed by atoms with E-state index in [-0.39, 0.29) is 18.1 Å². The minimum atomic E-state index is -0.495. The molecule has 1 N–H and O–H groups in total. The molecule has 0 radical (unpaired) electrons. The maximum Gasteiger partial charge on any atom is 0.328 e. The van der Waals surface area contributed by atoms with Gasteiger partial charge in [-0.05, 0) is 46.5 Å². The Balaban J connectivity index is 0.00000102. The van der Waals surface area contributed by atoms with E-state index in [1.165, 1.54) is 0 Å². The average molecular weight is 312 g/mol. The number of nitrogens with one attached hydrogen (secondary N) is 1. The fourth-order valence-corrected chi connectivity index (χ4v) is 2.33. The Labute approximate surface area is 134 Å². The van der Waals surface area contributed by atoms with Crippen LogP contribution in [-0.2, 0) is 28.9 Å². The van der Waals surface area contributed by atoms with Crippen LogP contribution in [0.5, 0.6) is 0 Å². The zero-order valence-electron chi connectivity index (χ0n) is 15.2. The Kier molecular flexibility index (Phi) is 8.83. The van der Waals surface area contributed by atoms with Crippen molar-refractivity contribution in [3.8, 4) is 0 Å². The fraction of sp³-hybridized carbons (Fsp3) is 0.765. The highest BCUT2D eigenvalue weighted by atomic mass is 16.6. The van der Waals surface area contributed by atoms with Crippen LogP contribution in [-0.4, -0.2) is 21.4 Å². The Hall–Kier alpha value is -1.52. The second-order valence-electron chi connectivity index (χ2n) is 5.75. The van der Waals surface area contributed by atoms with Gasteiger partial charge in [0.05, 0.1) is 0 Å². The van der Waals surface area contributed by atoms with Gasteiger partial charge in [0.15, 0.2) is 0 Å². The molecule has 1 aromatic heterocycles. The van der Waals surface area contributed by atoms with Crippen molar-refractivity contribution in [1.29, 1.82) is 0 Å². The van der Waals surface area contributed by atoms with Crippen molar-refractivity contribution in [2.75, 3.05) is 0 Å². The molecule has 0 unspecified atom stereocenters. The third-order valence-electron chi connectivity index (χ3n) is 2.98. The largest absolute Gasteiger partial charge is 0.459 e. The maximum absolute atomic E-state index is 11.8. The molecule has 22 heavy (non-hydrogen) atoms. The second-order valence-corrected chi connectivity index (χ2v) is 5.75. The van der Waals surface area contributed by atoms with Crippen molar-refractivity contribution < 1.29 is 9.53 Å². The molecule has 0 aromatic carbocycles. The van der Waals surface area contributed by atoms with E-state index in [0.29, 0.717) is 0 Å². The summed E-state index contributed by atoms with van der Waals surface area (Å²) >= 11 is 0. The number of hydrogen-bond acceptors (Lipinski definition) is 3. The molecule has 0 atom stereocenters. The van der Waals surface area contributed by atoms with Crippen molar-refractivity contribution in [1.82, 2.24) is 9.78 Å².